The highest BCUT2D eigenvalue weighted by atomic mass is 35.5. The number of hydrogen-bond donors (Lipinski definition) is 0. The van der Waals surface area contributed by atoms with Crippen LogP contribution >= 0.6 is 23.2 Å². The van der Waals surface area contributed by atoms with Gasteiger partial charge in [0.05, 0.1) is 18.5 Å². The summed E-state index contributed by atoms with van der Waals surface area (Å²) in [5, 5.41) is 1.13. The number of nitrogens with zero attached hydrogens (tertiary/aromatic N) is 2. The molecule has 0 bridgehead atoms. The van der Waals surface area contributed by atoms with E-state index in [0.29, 0.717) is 16.5 Å². The number of carbonyl (C=O) groups excluding carboxylic acids is 3. The normalized spacial score (nSPS) is 15.6. The number of halogens is 3. The molecule has 174 valence electrons. The van der Waals surface area contributed by atoms with Gasteiger partial charge in [-0.1, -0.05) is 47.5 Å². The zero-order valence-corrected chi connectivity index (χ0v) is 19.6. The van der Waals surface area contributed by atoms with Crippen molar-refractivity contribution in [3.05, 3.63) is 99.8 Å². The maximum Gasteiger partial charge on any atom is 0.257 e. The lowest BCUT2D eigenvalue weighted by Crippen LogP contribution is -2.47. The third-order valence-electron chi connectivity index (χ3n) is 5.70. The van der Waals surface area contributed by atoms with Crippen molar-refractivity contribution >= 4 is 46.6 Å². The van der Waals surface area contributed by atoms with E-state index in [2.05, 4.69) is 0 Å². The second-order valence-corrected chi connectivity index (χ2v) is 8.91. The van der Waals surface area contributed by atoms with Gasteiger partial charge in [-0.2, -0.15) is 0 Å². The lowest BCUT2D eigenvalue weighted by Gasteiger charge is -2.28. The van der Waals surface area contributed by atoms with Crippen molar-refractivity contribution in [2.24, 2.45) is 0 Å². The van der Waals surface area contributed by atoms with Gasteiger partial charge in [0.2, 0.25) is 11.8 Å². The topological polar surface area (TPSA) is 57.7 Å². The van der Waals surface area contributed by atoms with Crippen molar-refractivity contribution in [1.29, 1.82) is 0 Å². The van der Waals surface area contributed by atoms with Gasteiger partial charge >= 0.3 is 0 Å². The number of carbonyl (C=O) groups is 3. The Hall–Kier alpha value is -3.22. The van der Waals surface area contributed by atoms with Crippen LogP contribution in [-0.4, -0.2) is 35.2 Å². The highest BCUT2D eigenvalue weighted by Gasteiger charge is 2.44. The summed E-state index contributed by atoms with van der Waals surface area (Å²) in [5.74, 6) is -1.70. The van der Waals surface area contributed by atoms with Gasteiger partial charge in [-0.3, -0.25) is 14.4 Å². The van der Waals surface area contributed by atoms with Crippen molar-refractivity contribution in [1.82, 2.24) is 4.90 Å². The predicted molar refractivity (Wildman–Crippen MR) is 129 cm³/mol. The van der Waals surface area contributed by atoms with Gasteiger partial charge in [0.15, 0.2) is 0 Å². The van der Waals surface area contributed by atoms with Crippen molar-refractivity contribution in [3.8, 4) is 0 Å². The number of anilines is 1. The van der Waals surface area contributed by atoms with Gasteiger partial charge in [-0.25, -0.2) is 9.29 Å². The molecule has 0 aromatic heterocycles. The first-order valence-corrected chi connectivity index (χ1v) is 11.5. The molecule has 1 aliphatic rings. The molecule has 5 nitrogen and oxygen atoms in total. The average molecular weight is 499 g/mol. The van der Waals surface area contributed by atoms with Crippen LogP contribution in [0.2, 0.25) is 10.0 Å². The van der Waals surface area contributed by atoms with Crippen molar-refractivity contribution in [2.45, 2.75) is 25.3 Å². The van der Waals surface area contributed by atoms with Crippen LogP contribution in [0.15, 0.2) is 72.8 Å². The summed E-state index contributed by atoms with van der Waals surface area (Å²) in [6.07, 6.45) is 0.376. The molecule has 4 rings (SSSR count). The van der Waals surface area contributed by atoms with Crippen molar-refractivity contribution < 1.29 is 18.8 Å². The number of hydrogen-bond acceptors (Lipinski definition) is 3. The number of imide groups is 1. The Morgan fingerprint density at radius 3 is 2.32 bits per heavy atom. The lowest BCUT2D eigenvalue weighted by atomic mass is 10.1. The number of rotatable bonds is 7. The van der Waals surface area contributed by atoms with Crippen LogP contribution in [0.25, 0.3) is 0 Å². The Kier molecular flexibility index (Phi) is 7.29. The summed E-state index contributed by atoms with van der Waals surface area (Å²) in [6.45, 7) is 0.230. The fourth-order valence-corrected chi connectivity index (χ4v) is 4.33. The molecular formula is C26H21Cl2FN2O3. The summed E-state index contributed by atoms with van der Waals surface area (Å²) >= 11 is 12.0. The van der Waals surface area contributed by atoms with Crippen LogP contribution in [0.1, 0.15) is 17.5 Å². The van der Waals surface area contributed by atoms with E-state index in [9.17, 15) is 18.8 Å². The standard InChI is InChI=1S/C26H21Cl2FN2O3/c27-19-6-4-18(5-7-19)15-24(32)30(13-12-17-2-1-3-20(28)14-17)23-16-25(33)31(26(23)34)22-10-8-21(29)9-11-22/h1-11,14,23H,12-13,15-16H2. The lowest BCUT2D eigenvalue weighted by molar-refractivity contribution is -0.137. The molecule has 0 N–H and O–H groups in total. The Labute approximate surface area is 206 Å². The van der Waals surface area contributed by atoms with Crippen molar-refractivity contribution in [3.63, 3.8) is 0 Å². The van der Waals surface area contributed by atoms with Gasteiger partial charge in [-0.05, 0) is 66.1 Å². The highest BCUT2D eigenvalue weighted by Crippen LogP contribution is 2.27. The Bertz CT molecular complexity index is 1220. The van der Waals surface area contributed by atoms with Crippen LogP contribution in [-0.2, 0) is 27.2 Å². The second kappa shape index (κ2) is 10.4. The zero-order valence-electron chi connectivity index (χ0n) is 18.1. The van der Waals surface area contributed by atoms with Gasteiger partial charge in [0.25, 0.3) is 5.91 Å². The molecular weight excluding hydrogens is 478 g/mol. The summed E-state index contributed by atoms with van der Waals surface area (Å²) in [6, 6.07) is 18.3. The first-order chi connectivity index (χ1) is 16.3. The molecule has 0 aliphatic carbocycles. The Morgan fingerprint density at radius 2 is 1.65 bits per heavy atom. The highest BCUT2D eigenvalue weighted by molar-refractivity contribution is 6.30. The molecule has 0 radical (unpaired) electrons. The first kappa shape index (κ1) is 23.9. The second-order valence-electron chi connectivity index (χ2n) is 8.03. The van der Waals surface area contributed by atoms with E-state index in [1.807, 2.05) is 12.1 Å². The van der Waals surface area contributed by atoms with Crippen LogP contribution in [0.5, 0.6) is 0 Å². The monoisotopic (exact) mass is 498 g/mol. The van der Waals surface area contributed by atoms with Gasteiger partial charge in [0.1, 0.15) is 11.9 Å². The smallest absolute Gasteiger partial charge is 0.257 e. The fourth-order valence-electron chi connectivity index (χ4n) is 4.00. The molecule has 1 atom stereocenters. The molecule has 0 spiro atoms. The molecule has 1 fully saturated rings. The van der Waals surface area contributed by atoms with Crippen LogP contribution in [0.3, 0.4) is 0 Å². The molecule has 8 heteroatoms. The molecule has 1 unspecified atom stereocenters. The quantitative estimate of drug-likeness (QED) is 0.427. The third kappa shape index (κ3) is 5.46. The fraction of sp³-hybridized carbons (Fsp3) is 0.192. The minimum Gasteiger partial charge on any atom is -0.329 e. The molecule has 1 saturated heterocycles. The molecule has 34 heavy (non-hydrogen) atoms. The summed E-state index contributed by atoms with van der Waals surface area (Å²) in [5.41, 5.74) is 1.93. The molecule has 1 aliphatic heterocycles. The zero-order chi connectivity index (χ0) is 24.2. The van der Waals surface area contributed by atoms with Crippen molar-refractivity contribution in [2.75, 3.05) is 11.4 Å². The SMILES string of the molecule is O=C1CC(N(CCc2cccc(Cl)c2)C(=O)Cc2ccc(Cl)cc2)C(=O)N1c1ccc(F)cc1. The minimum absolute atomic E-state index is 0.0568. The number of benzene rings is 3. The molecule has 3 aromatic rings. The van der Waals surface area contributed by atoms with Gasteiger partial charge in [0, 0.05) is 16.6 Å². The Balaban J connectivity index is 1.58. The van der Waals surface area contributed by atoms with E-state index in [-0.39, 0.29) is 31.0 Å². The van der Waals surface area contributed by atoms with E-state index in [1.54, 1.807) is 36.4 Å². The van der Waals surface area contributed by atoms with E-state index < -0.39 is 23.7 Å². The van der Waals surface area contributed by atoms with E-state index in [0.717, 1.165) is 16.0 Å². The third-order valence-corrected chi connectivity index (χ3v) is 6.19. The maximum absolute atomic E-state index is 13.3. The van der Waals surface area contributed by atoms with Crippen LogP contribution in [0, 0.1) is 5.82 Å². The average Bonchev–Trinajstić information content (AvgIpc) is 3.10. The Morgan fingerprint density at radius 1 is 0.941 bits per heavy atom. The largest absolute Gasteiger partial charge is 0.329 e. The molecule has 3 aromatic carbocycles. The minimum atomic E-state index is -0.948. The van der Waals surface area contributed by atoms with Gasteiger partial charge < -0.3 is 4.90 Å². The molecule has 3 amide bonds. The summed E-state index contributed by atoms with van der Waals surface area (Å²) in [7, 11) is 0. The van der Waals surface area contributed by atoms with Crippen LogP contribution < -0.4 is 4.90 Å². The molecule has 0 saturated carbocycles. The van der Waals surface area contributed by atoms with E-state index >= 15 is 0 Å². The first-order valence-electron chi connectivity index (χ1n) is 10.7. The predicted octanol–water partition coefficient (Wildman–Crippen LogP) is 5.08. The maximum atomic E-state index is 13.3. The van der Waals surface area contributed by atoms with E-state index in [4.69, 9.17) is 23.2 Å². The van der Waals surface area contributed by atoms with E-state index in [1.165, 1.54) is 29.2 Å². The molecule has 1 heterocycles. The van der Waals surface area contributed by atoms with Gasteiger partial charge in [-0.15, -0.1) is 0 Å². The summed E-state index contributed by atoms with van der Waals surface area (Å²) in [4.78, 5) is 41.9. The summed E-state index contributed by atoms with van der Waals surface area (Å²) < 4.78 is 13.3. The van der Waals surface area contributed by atoms with Crippen LogP contribution in [0.4, 0.5) is 10.1 Å². The number of amides is 3.